The Kier molecular flexibility index (Phi) is 4.91. The number of para-hydroxylation sites is 1. The van der Waals surface area contributed by atoms with Crippen molar-refractivity contribution in [3.8, 4) is 0 Å². The molecule has 0 unspecified atom stereocenters. The van der Waals surface area contributed by atoms with Crippen LogP contribution in [0.25, 0.3) is 16.7 Å². The van der Waals surface area contributed by atoms with Crippen LogP contribution in [-0.4, -0.2) is 32.2 Å². The van der Waals surface area contributed by atoms with Crippen molar-refractivity contribution in [1.29, 1.82) is 0 Å². The fraction of sp³-hybridized carbons (Fsp3) is 0.263. The molecule has 0 amide bonds. The molecule has 0 aliphatic heterocycles. The molecule has 8 nitrogen and oxygen atoms in total. The second kappa shape index (κ2) is 7.51. The van der Waals surface area contributed by atoms with Crippen LogP contribution in [0.3, 0.4) is 0 Å². The molecule has 0 radical (unpaired) electrons. The highest BCUT2D eigenvalue weighted by Crippen LogP contribution is 2.25. The predicted octanol–water partition coefficient (Wildman–Crippen LogP) is 3.13. The Morgan fingerprint density at radius 2 is 2.04 bits per heavy atom. The van der Waals surface area contributed by atoms with Crippen molar-refractivity contribution in [1.82, 2.24) is 19.2 Å². The van der Waals surface area contributed by atoms with Gasteiger partial charge in [0, 0.05) is 6.54 Å². The molecule has 144 valence electrons. The summed E-state index contributed by atoms with van der Waals surface area (Å²) in [6.07, 6.45) is 0.811. The minimum atomic E-state index is -0.515. The van der Waals surface area contributed by atoms with E-state index in [1.165, 1.54) is 18.9 Å². The van der Waals surface area contributed by atoms with Gasteiger partial charge in [-0.2, -0.15) is 0 Å². The maximum absolute atomic E-state index is 12.8. The summed E-state index contributed by atoms with van der Waals surface area (Å²) in [4.78, 5) is 24.4. The SMILES string of the molecule is CCCn1c(=O)c2ccccc2n2c(SCc3ccc(C(=O)OC)o3)nnc12. The molecule has 0 aliphatic carbocycles. The van der Waals surface area contributed by atoms with Gasteiger partial charge in [0.25, 0.3) is 5.56 Å². The molecule has 0 N–H and O–H groups in total. The summed E-state index contributed by atoms with van der Waals surface area (Å²) in [6, 6.07) is 10.7. The van der Waals surface area contributed by atoms with E-state index in [0.29, 0.717) is 34.4 Å². The number of thioether (sulfide) groups is 1. The Labute approximate surface area is 164 Å². The van der Waals surface area contributed by atoms with Crippen molar-refractivity contribution in [2.24, 2.45) is 0 Å². The number of rotatable bonds is 6. The van der Waals surface area contributed by atoms with Crippen LogP contribution in [0.15, 0.2) is 50.8 Å². The number of furan rings is 1. The zero-order valence-corrected chi connectivity index (χ0v) is 16.2. The van der Waals surface area contributed by atoms with E-state index in [2.05, 4.69) is 14.9 Å². The predicted molar refractivity (Wildman–Crippen MR) is 105 cm³/mol. The fourth-order valence-corrected chi connectivity index (χ4v) is 3.89. The summed E-state index contributed by atoms with van der Waals surface area (Å²) in [7, 11) is 1.31. The molecular weight excluding hydrogens is 380 g/mol. The van der Waals surface area contributed by atoms with Crippen LogP contribution in [0.5, 0.6) is 0 Å². The van der Waals surface area contributed by atoms with Crippen LogP contribution >= 0.6 is 11.8 Å². The van der Waals surface area contributed by atoms with Crippen LogP contribution < -0.4 is 5.56 Å². The average Bonchev–Trinajstić information content (AvgIpc) is 3.36. The number of carbonyl (C=O) groups excluding carboxylic acids is 1. The van der Waals surface area contributed by atoms with E-state index < -0.39 is 5.97 Å². The molecular formula is C19H18N4O4S. The van der Waals surface area contributed by atoms with Gasteiger partial charge in [0.2, 0.25) is 11.5 Å². The number of carbonyl (C=O) groups is 1. The number of hydrogen-bond donors (Lipinski definition) is 0. The third-order valence-electron chi connectivity index (χ3n) is 4.32. The van der Waals surface area contributed by atoms with E-state index in [9.17, 15) is 9.59 Å². The highest BCUT2D eigenvalue weighted by molar-refractivity contribution is 7.98. The monoisotopic (exact) mass is 398 g/mol. The number of ether oxygens (including phenoxy) is 1. The normalized spacial score (nSPS) is 11.4. The van der Waals surface area contributed by atoms with Crippen molar-refractivity contribution in [2.45, 2.75) is 30.8 Å². The topological polar surface area (TPSA) is 91.6 Å². The molecule has 9 heteroatoms. The number of methoxy groups -OCH3 is 1. The molecule has 0 spiro atoms. The van der Waals surface area contributed by atoms with Crippen LogP contribution in [0.2, 0.25) is 0 Å². The number of fused-ring (bicyclic) bond motifs is 3. The summed E-state index contributed by atoms with van der Waals surface area (Å²) in [5, 5.41) is 9.81. The molecule has 0 saturated carbocycles. The number of esters is 1. The summed E-state index contributed by atoms with van der Waals surface area (Å²) in [5.41, 5.74) is 0.694. The van der Waals surface area contributed by atoms with Gasteiger partial charge in [0.15, 0.2) is 5.16 Å². The van der Waals surface area contributed by atoms with E-state index >= 15 is 0 Å². The Hall–Kier alpha value is -3.07. The summed E-state index contributed by atoms with van der Waals surface area (Å²) in [6.45, 7) is 2.58. The Morgan fingerprint density at radius 3 is 2.82 bits per heavy atom. The van der Waals surface area contributed by atoms with E-state index in [1.807, 2.05) is 35.6 Å². The van der Waals surface area contributed by atoms with Crippen molar-refractivity contribution in [3.63, 3.8) is 0 Å². The molecule has 28 heavy (non-hydrogen) atoms. The van der Waals surface area contributed by atoms with Gasteiger partial charge in [-0.25, -0.2) is 4.79 Å². The number of aromatic nitrogens is 4. The molecule has 3 aromatic heterocycles. The standard InChI is InChI=1S/C19H18N4O4S/c1-3-10-22-16(24)13-6-4-5-7-14(13)23-18(22)20-21-19(23)28-11-12-8-9-15(27-12)17(25)26-2/h4-9H,3,10-11H2,1-2H3. The number of nitrogens with zero attached hydrogens (tertiary/aromatic N) is 4. The highest BCUT2D eigenvalue weighted by atomic mass is 32.2. The maximum Gasteiger partial charge on any atom is 0.373 e. The van der Waals surface area contributed by atoms with Gasteiger partial charge in [-0.05, 0) is 30.7 Å². The van der Waals surface area contributed by atoms with Crippen LogP contribution in [0.4, 0.5) is 0 Å². The fourth-order valence-electron chi connectivity index (χ4n) is 3.05. The molecule has 0 atom stereocenters. The summed E-state index contributed by atoms with van der Waals surface area (Å²) < 4.78 is 13.7. The third kappa shape index (κ3) is 3.07. The van der Waals surface area contributed by atoms with Crippen LogP contribution in [0.1, 0.15) is 29.7 Å². The van der Waals surface area contributed by atoms with E-state index in [1.54, 1.807) is 16.7 Å². The first-order valence-electron chi connectivity index (χ1n) is 8.80. The first kappa shape index (κ1) is 18.3. The van der Waals surface area contributed by atoms with E-state index in [-0.39, 0.29) is 11.3 Å². The van der Waals surface area contributed by atoms with Gasteiger partial charge >= 0.3 is 5.97 Å². The molecule has 4 rings (SSSR count). The summed E-state index contributed by atoms with van der Waals surface area (Å²) >= 11 is 1.42. The van der Waals surface area contributed by atoms with E-state index in [4.69, 9.17) is 4.42 Å². The second-order valence-electron chi connectivity index (χ2n) is 6.14. The van der Waals surface area contributed by atoms with Gasteiger partial charge in [0.05, 0.1) is 23.8 Å². The highest BCUT2D eigenvalue weighted by Gasteiger charge is 2.17. The van der Waals surface area contributed by atoms with Crippen molar-refractivity contribution in [3.05, 3.63) is 58.3 Å². The zero-order valence-electron chi connectivity index (χ0n) is 15.4. The number of aryl methyl sites for hydroxylation is 1. The third-order valence-corrected chi connectivity index (χ3v) is 5.27. The minimum Gasteiger partial charge on any atom is -0.463 e. The Balaban J connectivity index is 1.75. The number of benzene rings is 1. The lowest BCUT2D eigenvalue weighted by atomic mass is 10.2. The molecule has 3 heterocycles. The average molecular weight is 398 g/mol. The smallest absolute Gasteiger partial charge is 0.373 e. The van der Waals surface area contributed by atoms with Gasteiger partial charge in [0.1, 0.15) is 5.76 Å². The Morgan fingerprint density at radius 1 is 1.21 bits per heavy atom. The minimum absolute atomic E-state index is 0.0670. The first-order valence-corrected chi connectivity index (χ1v) is 9.79. The lowest BCUT2D eigenvalue weighted by Crippen LogP contribution is -2.23. The van der Waals surface area contributed by atoms with Crippen LogP contribution in [0, 0.1) is 0 Å². The molecule has 0 saturated heterocycles. The van der Waals surface area contributed by atoms with Crippen LogP contribution in [-0.2, 0) is 17.0 Å². The van der Waals surface area contributed by atoms with Crippen molar-refractivity contribution < 1.29 is 13.9 Å². The number of hydrogen-bond acceptors (Lipinski definition) is 7. The second-order valence-corrected chi connectivity index (χ2v) is 7.08. The molecule has 0 bridgehead atoms. The summed E-state index contributed by atoms with van der Waals surface area (Å²) in [5.74, 6) is 1.24. The zero-order chi connectivity index (χ0) is 19.7. The van der Waals surface area contributed by atoms with Crippen molar-refractivity contribution >= 4 is 34.4 Å². The first-order chi connectivity index (χ1) is 13.6. The van der Waals surface area contributed by atoms with Gasteiger partial charge < -0.3 is 9.15 Å². The van der Waals surface area contributed by atoms with Gasteiger partial charge in [-0.1, -0.05) is 30.8 Å². The lowest BCUT2D eigenvalue weighted by molar-refractivity contribution is 0.0563. The molecule has 1 aromatic carbocycles. The van der Waals surface area contributed by atoms with Crippen molar-refractivity contribution in [2.75, 3.05) is 7.11 Å². The Bertz CT molecular complexity index is 1220. The molecule has 0 aliphatic rings. The molecule has 4 aromatic rings. The lowest BCUT2D eigenvalue weighted by Gasteiger charge is -2.10. The van der Waals surface area contributed by atoms with Gasteiger partial charge in [-0.15, -0.1) is 10.2 Å². The largest absolute Gasteiger partial charge is 0.463 e. The quantitative estimate of drug-likeness (QED) is 0.364. The maximum atomic E-state index is 12.8. The van der Waals surface area contributed by atoms with Gasteiger partial charge in [-0.3, -0.25) is 13.8 Å². The molecule has 0 fully saturated rings. The van der Waals surface area contributed by atoms with E-state index in [0.717, 1.165) is 11.9 Å².